The van der Waals surface area contributed by atoms with Crippen molar-refractivity contribution in [1.82, 2.24) is 20.4 Å². The van der Waals surface area contributed by atoms with Gasteiger partial charge in [-0.15, -0.1) is 0 Å². The number of pyridine rings is 2. The number of ether oxygens (including phenoxy) is 1. The van der Waals surface area contributed by atoms with Gasteiger partial charge < -0.3 is 19.0 Å². The quantitative estimate of drug-likeness (QED) is 0.579. The highest BCUT2D eigenvalue weighted by molar-refractivity contribution is 6.00. The summed E-state index contributed by atoms with van der Waals surface area (Å²) in [4.78, 5) is 21.1. The van der Waals surface area contributed by atoms with Crippen LogP contribution >= 0.6 is 0 Å². The van der Waals surface area contributed by atoms with Gasteiger partial charge in [-0.3, -0.25) is 4.79 Å². The summed E-state index contributed by atoms with van der Waals surface area (Å²) < 4.78 is 16.5. The molecule has 142 valence electrons. The third kappa shape index (κ3) is 2.79. The van der Waals surface area contributed by atoms with Gasteiger partial charge in [-0.2, -0.15) is 0 Å². The number of nitrogens with one attached hydrogen (secondary N) is 1. The third-order valence-corrected chi connectivity index (χ3v) is 4.46. The summed E-state index contributed by atoms with van der Waals surface area (Å²) >= 11 is 0. The maximum absolute atomic E-state index is 12.1. The van der Waals surface area contributed by atoms with E-state index in [1.807, 2.05) is 26.0 Å². The van der Waals surface area contributed by atoms with E-state index in [1.54, 1.807) is 32.5 Å². The Morgan fingerprint density at radius 3 is 2.75 bits per heavy atom. The minimum Gasteiger partial charge on any atom is -0.481 e. The van der Waals surface area contributed by atoms with Crippen LogP contribution in [0.4, 0.5) is 0 Å². The van der Waals surface area contributed by atoms with Crippen LogP contribution in [0.2, 0.25) is 0 Å². The number of aromatic nitrogens is 3. The van der Waals surface area contributed by atoms with Crippen molar-refractivity contribution < 1.29 is 18.5 Å². The molecular formula is C20H18N4O4. The largest absolute Gasteiger partial charge is 0.481 e. The van der Waals surface area contributed by atoms with Gasteiger partial charge in [-0.1, -0.05) is 5.16 Å². The Balaban J connectivity index is 2.05. The molecule has 0 aliphatic heterocycles. The van der Waals surface area contributed by atoms with E-state index in [2.05, 4.69) is 15.5 Å². The number of fused-ring (bicyclic) bond motifs is 1. The molecule has 0 unspecified atom stereocenters. The van der Waals surface area contributed by atoms with Crippen molar-refractivity contribution >= 4 is 16.9 Å². The van der Waals surface area contributed by atoms with E-state index in [4.69, 9.17) is 18.7 Å². The van der Waals surface area contributed by atoms with Crippen molar-refractivity contribution in [3.8, 4) is 28.4 Å². The molecule has 4 heterocycles. The number of methoxy groups -OCH3 is 1. The van der Waals surface area contributed by atoms with Gasteiger partial charge in [-0.05, 0) is 38.1 Å². The Kier molecular flexibility index (Phi) is 4.31. The molecule has 28 heavy (non-hydrogen) atoms. The molecule has 0 bridgehead atoms. The zero-order valence-electron chi connectivity index (χ0n) is 15.9. The lowest BCUT2D eigenvalue weighted by Crippen LogP contribution is -2.16. The first-order valence-corrected chi connectivity index (χ1v) is 8.62. The molecule has 0 atom stereocenters. The van der Waals surface area contributed by atoms with E-state index in [9.17, 15) is 4.79 Å². The van der Waals surface area contributed by atoms with Gasteiger partial charge in [0.05, 0.1) is 29.6 Å². The molecule has 0 radical (unpaired) electrons. The zero-order chi connectivity index (χ0) is 19.8. The Labute approximate surface area is 160 Å². The fourth-order valence-corrected chi connectivity index (χ4v) is 3.18. The van der Waals surface area contributed by atoms with Crippen LogP contribution < -0.4 is 10.1 Å². The van der Waals surface area contributed by atoms with Crippen LogP contribution in [0.25, 0.3) is 33.5 Å². The number of rotatable bonds is 4. The number of amides is 1. The second-order valence-electron chi connectivity index (χ2n) is 6.22. The summed E-state index contributed by atoms with van der Waals surface area (Å²) in [6, 6.07) is 7.16. The summed E-state index contributed by atoms with van der Waals surface area (Å²) in [5, 5.41) is 7.31. The number of nitrogens with zero attached hydrogens (tertiary/aromatic N) is 3. The van der Waals surface area contributed by atoms with Gasteiger partial charge in [0.1, 0.15) is 11.5 Å². The van der Waals surface area contributed by atoms with Gasteiger partial charge in [0.15, 0.2) is 11.3 Å². The smallest absolute Gasteiger partial charge is 0.286 e. The molecule has 8 heteroatoms. The normalized spacial score (nSPS) is 11.0. The monoisotopic (exact) mass is 378 g/mol. The molecule has 4 rings (SSSR count). The van der Waals surface area contributed by atoms with Crippen molar-refractivity contribution in [1.29, 1.82) is 0 Å². The molecule has 0 aliphatic carbocycles. The van der Waals surface area contributed by atoms with Gasteiger partial charge in [0.2, 0.25) is 5.88 Å². The average molecular weight is 378 g/mol. The molecule has 8 nitrogen and oxygen atoms in total. The van der Waals surface area contributed by atoms with Gasteiger partial charge in [0.25, 0.3) is 5.91 Å². The van der Waals surface area contributed by atoms with Crippen molar-refractivity contribution in [2.45, 2.75) is 13.8 Å². The maximum Gasteiger partial charge on any atom is 0.286 e. The number of carbonyl (C=O) groups excluding carboxylic acids is 1. The first-order valence-electron chi connectivity index (χ1n) is 8.62. The fourth-order valence-electron chi connectivity index (χ4n) is 3.18. The van der Waals surface area contributed by atoms with E-state index in [1.165, 1.54) is 0 Å². The van der Waals surface area contributed by atoms with E-state index in [-0.39, 0.29) is 11.7 Å². The molecule has 0 fully saturated rings. The maximum atomic E-state index is 12.1. The minimum atomic E-state index is -0.320. The highest BCUT2D eigenvalue weighted by Gasteiger charge is 2.22. The lowest BCUT2D eigenvalue weighted by atomic mass is 10.1. The first-order chi connectivity index (χ1) is 13.5. The number of hydrogen-bond acceptors (Lipinski definition) is 7. The third-order valence-electron chi connectivity index (χ3n) is 4.46. The summed E-state index contributed by atoms with van der Waals surface area (Å²) in [7, 11) is 3.09. The molecule has 4 aromatic rings. The number of furan rings is 1. The van der Waals surface area contributed by atoms with Crippen molar-refractivity contribution in [3.63, 3.8) is 0 Å². The summed E-state index contributed by atoms with van der Waals surface area (Å²) in [5.41, 5.74) is 3.83. The van der Waals surface area contributed by atoms with Crippen molar-refractivity contribution in [2.75, 3.05) is 14.2 Å². The van der Waals surface area contributed by atoms with Crippen LogP contribution in [0.1, 0.15) is 22.0 Å². The van der Waals surface area contributed by atoms with E-state index in [0.717, 1.165) is 16.6 Å². The van der Waals surface area contributed by atoms with Gasteiger partial charge >= 0.3 is 0 Å². The molecule has 0 spiro atoms. The first kappa shape index (κ1) is 17.7. The molecule has 0 saturated heterocycles. The predicted octanol–water partition coefficient (Wildman–Crippen LogP) is 3.53. The molecule has 0 saturated carbocycles. The van der Waals surface area contributed by atoms with Crippen LogP contribution in [0.15, 0.2) is 39.4 Å². The second kappa shape index (κ2) is 6.80. The zero-order valence-corrected chi connectivity index (χ0v) is 15.9. The standard InChI is InChI=1S/C20H18N4O4/c1-10-16(11(2)28-24-10)14-8-12-9-15(19(25)21-3)27-18(12)17(23-14)13-6-5-7-22-20(13)26-4/h5-9H,1-4H3,(H,21,25). The Morgan fingerprint density at radius 1 is 1.25 bits per heavy atom. The topological polar surface area (TPSA) is 103 Å². The number of aryl methyl sites for hydroxylation is 2. The molecule has 0 aromatic carbocycles. The van der Waals surface area contributed by atoms with E-state index in [0.29, 0.717) is 34.2 Å². The summed E-state index contributed by atoms with van der Waals surface area (Å²) in [6.07, 6.45) is 1.63. The molecule has 0 aliphatic rings. The molecule has 4 aromatic heterocycles. The molecular weight excluding hydrogens is 360 g/mol. The molecule has 1 N–H and O–H groups in total. The van der Waals surface area contributed by atoms with E-state index < -0.39 is 0 Å². The van der Waals surface area contributed by atoms with E-state index >= 15 is 0 Å². The lowest BCUT2D eigenvalue weighted by Gasteiger charge is -2.09. The van der Waals surface area contributed by atoms with Gasteiger partial charge in [0, 0.05) is 18.6 Å². The fraction of sp³-hybridized carbons (Fsp3) is 0.200. The van der Waals surface area contributed by atoms with Crippen LogP contribution in [0, 0.1) is 13.8 Å². The van der Waals surface area contributed by atoms with Crippen molar-refractivity contribution in [2.24, 2.45) is 0 Å². The minimum absolute atomic E-state index is 0.194. The Hall–Kier alpha value is -3.68. The highest BCUT2D eigenvalue weighted by atomic mass is 16.5. The Bertz CT molecular complexity index is 1170. The second-order valence-corrected chi connectivity index (χ2v) is 6.22. The highest BCUT2D eigenvalue weighted by Crippen LogP contribution is 2.37. The van der Waals surface area contributed by atoms with Crippen LogP contribution in [-0.4, -0.2) is 35.2 Å². The lowest BCUT2D eigenvalue weighted by molar-refractivity contribution is 0.0938. The predicted molar refractivity (Wildman–Crippen MR) is 102 cm³/mol. The Morgan fingerprint density at radius 2 is 2.07 bits per heavy atom. The SMILES string of the molecule is CNC(=O)c1cc2cc(-c3c(C)noc3C)nc(-c3cccnc3OC)c2o1. The molecule has 1 amide bonds. The van der Waals surface area contributed by atoms with Crippen LogP contribution in [-0.2, 0) is 0 Å². The van der Waals surface area contributed by atoms with Gasteiger partial charge in [-0.25, -0.2) is 9.97 Å². The number of hydrogen-bond donors (Lipinski definition) is 1. The summed E-state index contributed by atoms with van der Waals surface area (Å²) in [6.45, 7) is 3.68. The van der Waals surface area contributed by atoms with Crippen molar-refractivity contribution in [3.05, 3.63) is 47.7 Å². The summed E-state index contributed by atoms with van der Waals surface area (Å²) in [5.74, 6) is 0.937. The number of carbonyl (C=O) groups is 1. The average Bonchev–Trinajstić information content (AvgIpc) is 3.29. The van der Waals surface area contributed by atoms with Crippen LogP contribution in [0.5, 0.6) is 5.88 Å². The van der Waals surface area contributed by atoms with Crippen LogP contribution in [0.3, 0.4) is 0 Å².